The Balaban J connectivity index is 2.12. The van der Waals surface area contributed by atoms with E-state index in [-0.39, 0.29) is 0 Å². The minimum atomic E-state index is 0.712. The monoisotopic (exact) mass is 133 g/mol. The smallest absolute Gasteiger partial charge is 0.0392 e. The molecule has 1 aliphatic heterocycles. The summed E-state index contributed by atoms with van der Waals surface area (Å²) in [6.45, 7) is 3.96. The van der Waals surface area contributed by atoms with Gasteiger partial charge in [0.2, 0.25) is 0 Å². The van der Waals surface area contributed by atoms with E-state index in [0.717, 1.165) is 0 Å². The van der Waals surface area contributed by atoms with Gasteiger partial charge in [-0.25, -0.2) is 0 Å². The van der Waals surface area contributed by atoms with Gasteiger partial charge in [-0.15, -0.1) is 0 Å². The van der Waals surface area contributed by atoms with Gasteiger partial charge in [-0.2, -0.15) is 23.5 Å². The van der Waals surface area contributed by atoms with Crippen LogP contribution in [0.15, 0.2) is 0 Å². The highest BCUT2D eigenvalue weighted by atomic mass is 32.2. The summed E-state index contributed by atoms with van der Waals surface area (Å²) in [6.07, 6.45) is 0. The van der Waals surface area contributed by atoms with Crippen molar-refractivity contribution in [2.75, 3.05) is 16.6 Å². The first-order valence-corrected chi connectivity index (χ1v) is 4.69. The number of hydrogen-bond acceptors (Lipinski definition) is 2. The van der Waals surface area contributed by atoms with Gasteiger partial charge in [0.25, 0.3) is 0 Å². The predicted molar refractivity (Wildman–Crippen MR) is 38.6 cm³/mol. The summed E-state index contributed by atoms with van der Waals surface area (Å²) < 4.78 is 0. The second-order valence-corrected chi connectivity index (χ2v) is 4.15. The van der Waals surface area contributed by atoms with E-state index >= 15 is 0 Å². The van der Waals surface area contributed by atoms with Gasteiger partial charge >= 0.3 is 0 Å². The van der Waals surface area contributed by atoms with Crippen LogP contribution in [0.2, 0.25) is 0 Å². The lowest BCUT2D eigenvalue weighted by molar-refractivity contribution is 0.855. The Hall–Kier alpha value is 0.700. The molecule has 1 rings (SSSR count). The van der Waals surface area contributed by atoms with Crippen LogP contribution in [-0.2, 0) is 0 Å². The lowest BCUT2D eigenvalue weighted by atomic mass is 10.3. The average Bonchev–Trinajstić information content (AvgIpc) is 1.69. The third-order valence-electron chi connectivity index (χ3n) is 0.874. The summed E-state index contributed by atoms with van der Waals surface area (Å²) in [5.74, 6) is 3.25. The fraction of sp³-hybridized carbons (Fsp3) is 0.800. The van der Waals surface area contributed by atoms with E-state index < -0.39 is 0 Å². The van der Waals surface area contributed by atoms with E-state index in [1.807, 2.05) is 23.5 Å². The van der Waals surface area contributed by atoms with Crippen molar-refractivity contribution >= 4 is 23.5 Å². The van der Waals surface area contributed by atoms with E-state index in [9.17, 15) is 0 Å². The van der Waals surface area contributed by atoms with Crippen molar-refractivity contribution in [2.45, 2.75) is 0 Å². The minimum absolute atomic E-state index is 0.712. The molecule has 1 saturated heterocycles. The lowest BCUT2D eigenvalue weighted by Gasteiger charge is -2.14. The van der Waals surface area contributed by atoms with Crippen molar-refractivity contribution in [3.63, 3.8) is 0 Å². The van der Waals surface area contributed by atoms with Gasteiger partial charge < -0.3 is 0 Å². The predicted octanol–water partition coefficient (Wildman–Crippen LogP) is 1.87. The first-order valence-electron chi connectivity index (χ1n) is 2.38. The highest BCUT2D eigenvalue weighted by Crippen LogP contribution is 2.24. The Morgan fingerprint density at radius 1 is 1.29 bits per heavy atom. The minimum Gasteiger partial charge on any atom is -0.151 e. The molecule has 0 aromatic rings. The largest absolute Gasteiger partial charge is 0.151 e. The fourth-order valence-corrected chi connectivity index (χ4v) is 2.83. The van der Waals surface area contributed by atoms with Crippen LogP contribution in [-0.4, -0.2) is 16.6 Å². The maximum absolute atomic E-state index is 3.96. The molecule has 0 aromatic carbocycles. The van der Waals surface area contributed by atoms with Crippen LogP contribution in [0, 0.1) is 12.8 Å². The van der Waals surface area contributed by atoms with Gasteiger partial charge in [0.1, 0.15) is 0 Å². The molecule has 0 nitrogen and oxygen atoms in total. The molecule has 0 spiro atoms. The Kier molecular flexibility index (Phi) is 2.40. The number of rotatable bonds is 0. The third kappa shape index (κ3) is 1.96. The average molecular weight is 133 g/mol. The summed E-state index contributed by atoms with van der Waals surface area (Å²) in [5, 5.41) is 1.28. The molecule has 1 heterocycles. The molecule has 1 fully saturated rings. The molecule has 0 unspecified atom stereocenters. The molecule has 0 aliphatic carbocycles. The molecule has 41 valence electrons. The quantitative estimate of drug-likeness (QED) is 0.495. The van der Waals surface area contributed by atoms with Crippen LogP contribution in [0.3, 0.4) is 0 Å². The van der Waals surface area contributed by atoms with Crippen LogP contribution in [0.4, 0.5) is 0 Å². The maximum Gasteiger partial charge on any atom is 0.0392 e. The summed E-state index contributed by atoms with van der Waals surface area (Å²) in [4.78, 5) is 0. The zero-order valence-electron chi connectivity index (χ0n) is 4.22. The molecule has 0 aromatic heterocycles. The molecule has 1 aliphatic rings. The van der Waals surface area contributed by atoms with Gasteiger partial charge in [0, 0.05) is 5.08 Å². The molecule has 0 saturated carbocycles. The van der Waals surface area contributed by atoms with Gasteiger partial charge in [0.15, 0.2) is 0 Å². The fourth-order valence-electron chi connectivity index (χ4n) is 0.537. The van der Waals surface area contributed by atoms with E-state index in [1.54, 1.807) is 0 Å². The van der Waals surface area contributed by atoms with Crippen LogP contribution >= 0.6 is 23.5 Å². The molecule has 0 atom stereocenters. The summed E-state index contributed by atoms with van der Waals surface area (Å²) in [6, 6.07) is 0. The lowest BCUT2D eigenvalue weighted by Crippen LogP contribution is -2.06. The van der Waals surface area contributed by atoms with Crippen molar-refractivity contribution in [2.24, 2.45) is 5.92 Å². The topological polar surface area (TPSA) is 0 Å². The standard InChI is InChI=1S/C5H9S2/c1-5-2-6-4-7-3-5/h5H,1-4H2. The van der Waals surface area contributed by atoms with E-state index in [0.29, 0.717) is 5.92 Å². The molecule has 7 heavy (non-hydrogen) atoms. The highest BCUT2D eigenvalue weighted by molar-refractivity contribution is 8.16. The first-order chi connectivity index (χ1) is 3.39. The second kappa shape index (κ2) is 2.88. The Labute approximate surface area is 53.4 Å². The summed E-state index contributed by atoms with van der Waals surface area (Å²) >= 11 is 4.01. The Morgan fingerprint density at radius 3 is 2.14 bits per heavy atom. The molecule has 0 N–H and O–H groups in total. The van der Waals surface area contributed by atoms with Crippen LogP contribution in [0.1, 0.15) is 0 Å². The Morgan fingerprint density at radius 2 is 1.86 bits per heavy atom. The van der Waals surface area contributed by atoms with E-state index in [1.165, 1.54) is 16.6 Å². The summed E-state index contributed by atoms with van der Waals surface area (Å²) in [7, 11) is 0. The molecule has 0 bridgehead atoms. The van der Waals surface area contributed by atoms with Gasteiger partial charge in [-0.3, -0.25) is 0 Å². The molecule has 1 radical (unpaired) electrons. The van der Waals surface area contributed by atoms with Crippen LogP contribution in [0.5, 0.6) is 0 Å². The SMILES string of the molecule is [CH2]C1CSCSC1. The molecular formula is C5H9S2. The van der Waals surface area contributed by atoms with Crippen molar-refractivity contribution in [1.29, 1.82) is 0 Å². The van der Waals surface area contributed by atoms with Crippen LogP contribution < -0.4 is 0 Å². The van der Waals surface area contributed by atoms with Crippen molar-refractivity contribution in [1.82, 2.24) is 0 Å². The molecule has 2 heteroatoms. The third-order valence-corrected chi connectivity index (χ3v) is 3.62. The number of thioether (sulfide) groups is 2. The first kappa shape index (κ1) is 5.83. The number of hydrogen-bond donors (Lipinski definition) is 0. The van der Waals surface area contributed by atoms with Gasteiger partial charge in [0.05, 0.1) is 0 Å². The highest BCUT2D eigenvalue weighted by Gasteiger charge is 2.06. The van der Waals surface area contributed by atoms with Gasteiger partial charge in [-0.1, -0.05) is 0 Å². The molecule has 0 amide bonds. The second-order valence-electron chi connectivity index (χ2n) is 1.73. The van der Waals surface area contributed by atoms with E-state index in [2.05, 4.69) is 6.92 Å². The zero-order chi connectivity index (χ0) is 5.11. The van der Waals surface area contributed by atoms with E-state index in [4.69, 9.17) is 0 Å². The maximum atomic E-state index is 3.96. The Bertz CT molecular complexity index is 48.0. The van der Waals surface area contributed by atoms with Gasteiger partial charge in [-0.05, 0) is 24.3 Å². The van der Waals surface area contributed by atoms with Crippen molar-refractivity contribution in [3.8, 4) is 0 Å². The van der Waals surface area contributed by atoms with Crippen LogP contribution in [0.25, 0.3) is 0 Å². The van der Waals surface area contributed by atoms with Crippen molar-refractivity contribution in [3.05, 3.63) is 6.92 Å². The normalized spacial score (nSPS) is 25.3. The summed E-state index contributed by atoms with van der Waals surface area (Å²) in [5.41, 5.74) is 0. The molecular weight excluding hydrogens is 124 g/mol. The van der Waals surface area contributed by atoms with Crippen molar-refractivity contribution < 1.29 is 0 Å². The zero-order valence-corrected chi connectivity index (χ0v) is 5.86.